The minimum absolute atomic E-state index is 0.258. The molecule has 2 bridgehead atoms. The third-order valence-electron chi connectivity index (χ3n) is 4.10. The van der Waals surface area contributed by atoms with Crippen molar-refractivity contribution >= 4 is 5.97 Å². The first-order valence-corrected chi connectivity index (χ1v) is 6.67. The maximum atomic E-state index is 12.0. The van der Waals surface area contributed by atoms with Crippen molar-refractivity contribution < 1.29 is 9.53 Å². The Morgan fingerprint density at radius 2 is 2.16 bits per heavy atom. The van der Waals surface area contributed by atoms with E-state index < -0.39 is 6.04 Å². The minimum Gasteiger partial charge on any atom is -0.468 e. The second-order valence-electron chi connectivity index (χ2n) is 5.10. The van der Waals surface area contributed by atoms with E-state index >= 15 is 0 Å². The number of nitrogens with zero attached hydrogens (tertiary/aromatic N) is 2. The monoisotopic (exact) mass is 261 g/mol. The van der Waals surface area contributed by atoms with Crippen LogP contribution in [0.1, 0.15) is 24.9 Å². The summed E-state index contributed by atoms with van der Waals surface area (Å²) in [4.78, 5) is 12.0. The van der Waals surface area contributed by atoms with Crippen molar-refractivity contribution in [2.75, 3.05) is 13.7 Å². The molecule has 0 aromatic heterocycles. The first kappa shape index (κ1) is 12.6. The number of carbonyl (C=O) groups excluding carboxylic acids is 1. The highest BCUT2D eigenvalue weighted by Gasteiger charge is 2.50. The minimum atomic E-state index is -0.443. The summed E-state index contributed by atoms with van der Waals surface area (Å²) in [7, 11) is 1.42. The SMILES string of the molecule is COC(=O)C(NN1[C@H]2CCN1C2C)c1ccccc1. The fraction of sp³-hybridized carbons (Fsp3) is 0.500. The number of carbonyl (C=O) groups is 1. The smallest absolute Gasteiger partial charge is 0.328 e. The number of nitrogens with one attached hydrogen (secondary N) is 1. The highest BCUT2D eigenvalue weighted by molar-refractivity contribution is 5.77. The number of hydrazine groups is 2. The van der Waals surface area contributed by atoms with Crippen LogP contribution in [0.4, 0.5) is 0 Å². The van der Waals surface area contributed by atoms with Gasteiger partial charge in [0.25, 0.3) is 0 Å². The van der Waals surface area contributed by atoms with Crippen molar-refractivity contribution in [2.45, 2.75) is 31.5 Å². The van der Waals surface area contributed by atoms with Gasteiger partial charge in [0.1, 0.15) is 6.04 Å². The number of fused-ring (bicyclic) bond motifs is 1. The molecule has 3 unspecified atom stereocenters. The summed E-state index contributed by atoms with van der Waals surface area (Å²) in [6, 6.07) is 10.3. The van der Waals surface area contributed by atoms with Gasteiger partial charge in [-0.25, -0.2) is 15.2 Å². The Hall–Kier alpha value is -1.43. The van der Waals surface area contributed by atoms with E-state index in [9.17, 15) is 4.79 Å². The van der Waals surface area contributed by atoms with E-state index in [1.807, 2.05) is 30.3 Å². The Kier molecular flexibility index (Phi) is 3.26. The van der Waals surface area contributed by atoms with E-state index in [0.29, 0.717) is 12.1 Å². The Morgan fingerprint density at radius 3 is 2.68 bits per heavy atom. The van der Waals surface area contributed by atoms with Crippen molar-refractivity contribution in [3.05, 3.63) is 35.9 Å². The molecule has 1 N–H and O–H groups in total. The molecule has 0 radical (unpaired) electrons. The summed E-state index contributed by atoms with van der Waals surface area (Å²) < 4.78 is 4.91. The van der Waals surface area contributed by atoms with E-state index in [1.54, 1.807) is 0 Å². The first-order valence-electron chi connectivity index (χ1n) is 6.67. The van der Waals surface area contributed by atoms with Crippen molar-refractivity contribution in [3.8, 4) is 0 Å². The number of esters is 1. The van der Waals surface area contributed by atoms with Gasteiger partial charge < -0.3 is 4.74 Å². The molecule has 1 aromatic rings. The van der Waals surface area contributed by atoms with E-state index in [4.69, 9.17) is 4.74 Å². The quantitative estimate of drug-likeness (QED) is 0.822. The molecule has 19 heavy (non-hydrogen) atoms. The van der Waals surface area contributed by atoms with Gasteiger partial charge in [-0.05, 0) is 18.9 Å². The molecular formula is C14H19N3O2. The van der Waals surface area contributed by atoms with Crippen LogP contribution in [0.15, 0.2) is 30.3 Å². The van der Waals surface area contributed by atoms with Gasteiger partial charge in [-0.15, -0.1) is 0 Å². The van der Waals surface area contributed by atoms with Crippen molar-refractivity contribution in [2.24, 2.45) is 0 Å². The molecule has 1 aromatic carbocycles. The molecule has 0 aliphatic carbocycles. The zero-order valence-electron chi connectivity index (χ0n) is 11.2. The standard InChI is InChI=1S/C14H19N3O2/c1-10-12-8-9-16(10)17(12)15-13(14(18)19-2)11-6-4-3-5-7-11/h3-7,10,12-13,15H,8-9H2,1-2H3/t10?,12-,13?/m0/s1. The van der Waals surface area contributed by atoms with Crippen molar-refractivity contribution in [3.63, 3.8) is 0 Å². The second-order valence-corrected chi connectivity index (χ2v) is 5.10. The third kappa shape index (κ3) is 2.04. The topological polar surface area (TPSA) is 44.8 Å². The lowest BCUT2D eigenvalue weighted by molar-refractivity contribution is -0.196. The van der Waals surface area contributed by atoms with Gasteiger partial charge in [0.2, 0.25) is 0 Å². The zero-order valence-corrected chi connectivity index (χ0v) is 11.2. The average Bonchev–Trinajstić information content (AvgIpc) is 3.05. The molecule has 102 valence electrons. The maximum Gasteiger partial charge on any atom is 0.328 e. The van der Waals surface area contributed by atoms with Gasteiger partial charge in [-0.3, -0.25) is 0 Å². The van der Waals surface area contributed by atoms with Gasteiger partial charge in [0, 0.05) is 12.6 Å². The number of benzene rings is 1. The highest BCUT2D eigenvalue weighted by Crippen LogP contribution is 2.35. The lowest BCUT2D eigenvalue weighted by Crippen LogP contribution is -2.68. The molecule has 3 heterocycles. The van der Waals surface area contributed by atoms with Crippen LogP contribution in [0, 0.1) is 0 Å². The van der Waals surface area contributed by atoms with Crippen LogP contribution in [0.5, 0.6) is 0 Å². The lowest BCUT2D eigenvalue weighted by atomic mass is 10.1. The maximum absolute atomic E-state index is 12.0. The molecule has 0 saturated carbocycles. The first-order chi connectivity index (χ1) is 9.22. The summed E-state index contributed by atoms with van der Waals surface area (Å²) in [5.41, 5.74) is 4.22. The largest absolute Gasteiger partial charge is 0.468 e. The van der Waals surface area contributed by atoms with Crippen LogP contribution in [0.3, 0.4) is 0 Å². The third-order valence-corrected chi connectivity index (χ3v) is 4.10. The molecule has 4 rings (SSSR count). The van der Waals surface area contributed by atoms with Crippen LogP contribution < -0.4 is 5.43 Å². The van der Waals surface area contributed by atoms with E-state index in [0.717, 1.165) is 18.5 Å². The van der Waals surface area contributed by atoms with Gasteiger partial charge in [0.05, 0.1) is 13.2 Å². The summed E-state index contributed by atoms with van der Waals surface area (Å²) >= 11 is 0. The fourth-order valence-corrected chi connectivity index (χ4v) is 2.99. The van der Waals surface area contributed by atoms with Crippen molar-refractivity contribution in [1.82, 2.24) is 15.6 Å². The van der Waals surface area contributed by atoms with Crippen molar-refractivity contribution in [1.29, 1.82) is 0 Å². The highest BCUT2D eigenvalue weighted by atomic mass is 16.5. The Bertz CT molecular complexity index is 453. The summed E-state index contributed by atoms with van der Waals surface area (Å²) in [5, 5.41) is 4.34. The second kappa shape index (κ2) is 4.92. The number of ether oxygens (including phenoxy) is 1. The predicted molar refractivity (Wildman–Crippen MR) is 70.7 cm³/mol. The summed E-state index contributed by atoms with van der Waals surface area (Å²) in [5.74, 6) is -0.258. The normalized spacial score (nSPS) is 30.7. The molecule has 0 spiro atoms. The molecule has 3 aliphatic rings. The number of hydrogen-bond acceptors (Lipinski definition) is 5. The number of rotatable bonds is 4. The molecule has 3 aliphatic heterocycles. The molecule has 5 nitrogen and oxygen atoms in total. The Morgan fingerprint density at radius 1 is 1.42 bits per heavy atom. The molecule has 4 atom stereocenters. The Labute approximate surface area is 113 Å². The van der Waals surface area contributed by atoms with Crippen LogP contribution in [-0.2, 0) is 9.53 Å². The molecule has 3 fully saturated rings. The zero-order chi connectivity index (χ0) is 13.4. The summed E-state index contributed by atoms with van der Waals surface area (Å²) in [6.45, 7) is 3.27. The van der Waals surface area contributed by atoms with Crippen LogP contribution in [-0.4, -0.2) is 41.8 Å². The van der Waals surface area contributed by atoms with E-state index in [1.165, 1.54) is 7.11 Å². The molecular weight excluding hydrogens is 242 g/mol. The van der Waals surface area contributed by atoms with Gasteiger partial charge in [-0.1, -0.05) is 30.3 Å². The van der Waals surface area contributed by atoms with E-state index in [-0.39, 0.29) is 5.97 Å². The van der Waals surface area contributed by atoms with E-state index in [2.05, 4.69) is 22.5 Å². The van der Waals surface area contributed by atoms with Crippen LogP contribution >= 0.6 is 0 Å². The lowest BCUT2D eigenvalue weighted by Gasteiger charge is -2.49. The molecule has 5 heteroatoms. The Balaban J connectivity index is 1.76. The summed E-state index contributed by atoms with van der Waals surface area (Å²) in [6.07, 6.45) is 1.15. The fourth-order valence-electron chi connectivity index (χ4n) is 2.99. The van der Waals surface area contributed by atoms with Crippen LogP contribution in [0.2, 0.25) is 0 Å². The van der Waals surface area contributed by atoms with Crippen LogP contribution in [0.25, 0.3) is 0 Å². The predicted octanol–water partition coefficient (Wildman–Crippen LogP) is 1.10. The average molecular weight is 261 g/mol. The van der Waals surface area contributed by atoms with Gasteiger partial charge >= 0.3 is 5.97 Å². The van der Waals surface area contributed by atoms with Gasteiger partial charge in [0.15, 0.2) is 0 Å². The number of hydrogen-bond donors (Lipinski definition) is 1. The number of methoxy groups -OCH3 is 1. The molecule has 0 amide bonds. The van der Waals surface area contributed by atoms with Gasteiger partial charge in [-0.2, -0.15) is 5.12 Å². The molecule has 3 saturated heterocycles.